The fourth-order valence-corrected chi connectivity index (χ4v) is 5.44. The molecule has 0 saturated carbocycles. The van der Waals surface area contributed by atoms with Crippen LogP contribution in [0.25, 0.3) is 6.08 Å². The van der Waals surface area contributed by atoms with E-state index in [1.165, 1.54) is 23.9 Å². The number of hydrogen-bond acceptors (Lipinski definition) is 7. The van der Waals surface area contributed by atoms with Crippen LogP contribution in [-0.4, -0.2) is 30.9 Å². The van der Waals surface area contributed by atoms with Gasteiger partial charge in [-0.05, 0) is 55.3 Å². The molecule has 11 heteroatoms. The fourth-order valence-electron chi connectivity index (χ4n) is 3.81. The van der Waals surface area contributed by atoms with Crippen LogP contribution in [0.2, 0.25) is 15.1 Å². The molecule has 1 aliphatic heterocycles. The van der Waals surface area contributed by atoms with E-state index in [1.54, 1.807) is 30.3 Å². The third kappa shape index (κ3) is 5.04. The van der Waals surface area contributed by atoms with Gasteiger partial charge >= 0.3 is 5.97 Å². The van der Waals surface area contributed by atoms with Gasteiger partial charge in [0, 0.05) is 11.2 Å². The molecule has 0 fully saturated rings. The van der Waals surface area contributed by atoms with Gasteiger partial charge in [0.15, 0.2) is 16.3 Å². The number of esters is 1. The molecule has 0 radical (unpaired) electrons. The average Bonchev–Trinajstić information content (AvgIpc) is 3.17. The second-order valence-corrected chi connectivity index (χ2v) is 9.77. The van der Waals surface area contributed by atoms with Crippen molar-refractivity contribution in [3.05, 3.63) is 88.0 Å². The Hall–Kier alpha value is -2.78. The summed E-state index contributed by atoms with van der Waals surface area (Å²) in [5, 5.41) is 0.922. The lowest BCUT2D eigenvalue weighted by molar-refractivity contribution is -0.136. The van der Waals surface area contributed by atoms with E-state index in [1.807, 2.05) is 13.8 Å². The van der Waals surface area contributed by atoms with Crippen LogP contribution in [0.4, 0.5) is 0 Å². The Labute approximate surface area is 225 Å². The van der Waals surface area contributed by atoms with Crippen LogP contribution in [0.15, 0.2) is 51.9 Å². The monoisotopic (exact) mass is 566 g/mol. The third-order valence-corrected chi connectivity index (χ3v) is 7.35. The molecule has 1 atom stereocenters. The number of nitrogens with zero attached hydrogens (tertiary/aromatic N) is 2. The van der Waals surface area contributed by atoms with Gasteiger partial charge in [-0.3, -0.25) is 9.36 Å². The van der Waals surface area contributed by atoms with Crippen molar-refractivity contribution in [2.75, 3.05) is 20.3 Å². The Bertz CT molecular complexity index is 1540. The number of thiazole rings is 1. The highest BCUT2D eigenvalue weighted by molar-refractivity contribution is 7.07. The first-order chi connectivity index (χ1) is 17.3. The Morgan fingerprint density at radius 2 is 1.83 bits per heavy atom. The van der Waals surface area contributed by atoms with E-state index in [2.05, 4.69) is 4.99 Å². The predicted molar refractivity (Wildman–Crippen MR) is 141 cm³/mol. The number of fused-ring (bicyclic) bond motifs is 1. The number of halogens is 3. The second kappa shape index (κ2) is 11.1. The van der Waals surface area contributed by atoms with Crippen molar-refractivity contribution >= 4 is 58.2 Å². The summed E-state index contributed by atoms with van der Waals surface area (Å²) in [6.45, 7) is 4.60. The molecule has 36 heavy (non-hydrogen) atoms. The molecule has 0 aliphatic carbocycles. The van der Waals surface area contributed by atoms with Crippen LogP contribution >= 0.6 is 46.1 Å². The molecular formula is C25H21Cl3N2O5S. The zero-order valence-electron chi connectivity index (χ0n) is 19.5. The molecule has 1 aromatic heterocycles. The lowest BCUT2D eigenvalue weighted by Crippen LogP contribution is -2.39. The summed E-state index contributed by atoms with van der Waals surface area (Å²) in [4.78, 5) is 31.1. The number of aromatic nitrogens is 1. The van der Waals surface area contributed by atoms with Gasteiger partial charge in [-0.25, -0.2) is 9.79 Å². The maximum absolute atomic E-state index is 13.7. The van der Waals surface area contributed by atoms with Crippen LogP contribution in [0, 0.1) is 0 Å². The van der Waals surface area contributed by atoms with Gasteiger partial charge < -0.3 is 14.2 Å². The summed E-state index contributed by atoms with van der Waals surface area (Å²) in [6, 6.07) is 7.63. The van der Waals surface area contributed by atoms with Crippen molar-refractivity contribution in [3.63, 3.8) is 0 Å². The Morgan fingerprint density at radius 1 is 1.11 bits per heavy atom. The van der Waals surface area contributed by atoms with Gasteiger partial charge in [0.2, 0.25) is 0 Å². The summed E-state index contributed by atoms with van der Waals surface area (Å²) in [6.07, 6.45) is 3.03. The molecular weight excluding hydrogens is 547 g/mol. The molecule has 188 valence electrons. The minimum Gasteiger partial charge on any atom is -0.490 e. The van der Waals surface area contributed by atoms with Crippen molar-refractivity contribution in [1.82, 2.24) is 4.57 Å². The lowest BCUT2D eigenvalue weighted by atomic mass is 9.97. The number of benzene rings is 2. The van der Waals surface area contributed by atoms with Crippen LogP contribution in [0.1, 0.15) is 31.0 Å². The van der Waals surface area contributed by atoms with E-state index < -0.39 is 12.0 Å². The van der Waals surface area contributed by atoms with Gasteiger partial charge in [-0.1, -0.05) is 52.2 Å². The second-order valence-electron chi connectivity index (χ2n) is 7.54. The van der Waals surface area contributed by atoms with Gasteiger partial charge in [0.05, 0.1) is 46.5 Å². The lowest BCUT2D eigenvalue weighted by Gasteiger charge is -2.23. The topological polar surface area (TPSA) is 79.1 Å². The maximum atomic E-state index is 13.7. The van der Waals surface area contributed by atoms with Gasteiger partial charge in [-0.15, -0.1) is 0 Å². The third-order valence-electron chi connectivity index (χ3n) is 5.32. The zero-order valence-corrected chi connectivity index (χ0v) is 22.6. The number of methoxy groups -OCH3 is 1. The molecule has 2 aromatic carbocycles. The summed E-state index contributed by atoms with van der Waals surface area (Å²) in [5.41, 5.74) is 0.956. The van der Waals surface area contributed by atoms with E-state index >= 15 is 0 Å². The van der Waals surface area contributed by atoms with E-state index in [0.29, 0.717) is 50.2 Å². The quantitative estimate of drug-likeness (QED) is 0.303. The van der Waals surface area contributed by atoms with Crippen molar-refractivity contribution in [1.29, 1.82) is 0 Å². The molecule has 3 aromatic rings. The average molecular weight is 568 g/mol. The highest BCUT2D eigenvalue weighted by atomic mass is 35.5. The highest BCUT2D eigenvalue weighted by Gasteiger charge is 2.31. The molecule has 0 spiro atoms. The minimum absolute atomic E-state index is 0.201. The normalized spacial score (nSPS) is 15.1. The first-order valence-corrected chi connectivity index (χ1v) is 12.9. The molecule has 0 unspecified atom stereocenters. The molecule has 0 amide bonds. The van der Waals surface area contributed by atoms with Crippen LogP contribution in [0.5, 0.6) is 11.5 Å². The molecule has 0 N–H and O–H groups in total. The number of carbonyl (C=O) groups excluding carboxylic acids is 1. The van der Waals surface area contributed by atoms with Gasteiger partial charge in [-0.2, -0.15) is 0 Å². The molecule has 7 nitrogen and oxygen atoms in total. The standard InChI is InChI=1S/C25H21Cl3N2O5S/c1-4-34-18-7-6-13(9-19(18)35-5-2)22-16(24(32)33-3)12-29-25-30(22)23(31)20(36-25)10-14-8-15(26)11-17(27)21(14)28/h6-12,22H,4-5H2,1-3H3/b20-10-/t22-/m1/s1. The van der Waals surface area contributed by atoms with Crippen LogP contribution in [-0.2, 0) is 9.53 Å². The number of carbonyl (C=O) groups is 1. The Morgan fingerprint density at radius 3 is 2.53 bits per heavy atom. The van der Waals surface area contributed by atoms with Crippen LogP contribution in [0.3, 0.4) is 0 Å². The summed E-state index contributed by atoms with van der Waals surface area (Å²) in [5.74, 6) is 0.460. The summed E-state index contributed by atoms with van der Waals surface area (Å²) < 4.78 is 18.2. The van der Waals surface area contributed by atoms with E-state index in [4.69, 9.17) is 49.0 Å². The highest BCUT2D eigenvalue weighted by Crippen LogP contribution is 2.35. The van der Waals surface area contributed by atoms with Crippen molar-refractivity contribution in [3.8, 4) is 11.5 Å². The van der Waals surface area contributed by atoms with Gasteiger partial charge in [0.1, 0.15) is 0 Å². The zero-order chi connectivity index (χ0) is 26.0. The van der Waals surface area contributed by atoms with Gasteiger partial charge in [0.25, 0.3) is 5.56 Å². The van der Waals surface area contributed by atoms with E-state index in [0.717, 1.165) is 11.3 Å². The molecule has 1 aliphatic rings. The SMILES string of the molecule is CCOc1ccc([C@@H]2C(C(=O)OC)=CN=c3s/c(=C\c4cc(Cl)cc(Cl)c4Cl)c(=O)n32)cc1OCC. The Kier molecular flexibility index (Phi) is 8.10. The predicted octanol–water partition coefficient (Wildman–Crippen LogP) is 4.78. The first-order valence-electron chi connectivity index (χ1n) is 10.9. The van der Waals surface area contributed by atoms with E-state index in [-0.39, 0.29) is 21.2 Å². The number of rotatable bonds is 7. The number of hydrogen-bond donors (Lipinski definition) is 0. The number of ether oxygens (including phenoxy) is 3. The maximum Gasteiger partial charge on any atom is 0.337 e. The summed E-state index contributed by atoms with van der Waals surface area (Å²) in [7, 11) is 1.28. The molecule has 0 saturated heterocycles. The molecule has 4 rings (SSSR count). The minimum atomic E-state index is -0.802. The van der Waals surface area contributed by atoms with Crippen LogP contribution < -0.4 is 24.4 Å². The molecule has 2 heterocycles. The van der Waals surface area contributed by atoms with E-state index in [9.17, 15) is 9.59 Å². The Balaban J connectivity index is 1.93. The smallest absolute Gasteiger partial charge is 0.337 e. The molecule has 0 bridgehead atoms. The first kappa shape index (κ1) is 26.3. The van der Waals surface area contributed by atoms with Crippen molar-refractivity contribution in [2.45, 2.75) is 19.9 Å². The largest absolute Gasteiger partial charge is 0.490 e. The fraction of sp³-hybridized carbons (Fsp3) is 0.240. The van der Waals surface area contributed by atoms with Crippen molar-refractivity contribution < 1.29 is 19.0 Å². The summed E-state index contributed by atoms with van der Waals surface area (Å²) >= 11 is 19.8. The van der Waals surface area contributed by atoms with Crippen molar-refractivity contribution in [2.24, 2.45) is 4.99 Å².